The van der Waals surface area contributed by atoms with Gasteiger partial charge in [0, 0.05) is 0 Å². The van der Waals surface area contributed by atoms with Gasteiger partial charge in [-0.05, 0) is 54.5 Å². The summed E-state index contributed by atoms with van der Waals surface area (Å²) >= 11 is 4.26. The van der Waals surface area contributed by atoms with Crippen LogP contribution in [0.1, 0.15) is 50.7 Å². The summed E-state index contributed by atoms with van der Waals surface area (Å²) in [6, 6.07) is 6.53. The van der Waals surface area contributed by atoms with E-state index in [0.29, 0.717) is 11.8 Å². The van der Waals surface area contributed by atoms with Crippen molar-refractivity contribution >= 4 is 12.6 Å². The minimum absolute atomic E-state index is 0.552. The molecule has 18 heavy (non-hydrogen) atoms. The molecule has 1 rings (SSSR count). The molecule has 0 heterocycles. The van der Waals surface area contributed by atoms with E-state index in [1.54, 1.807) is 0 Å². The average Bonchev–Trinajstić information content (AvgIpc) is 2.31. The number of ether oxygens (including phenoxy) is 1. The molecule has 0 saturated carbocycles. The topological polar surface area (TPSA) is 9.23 Å². The van der Waals surface area contributed by atoms with E-state index in [1.807, 2.05) is 0 Å². The van der Waals surface area contributed by atoms with E-state index in [-0.39, 0.29) is 0 Å². The Hall–Kier alpha value is -0.630. The van der Waals surface area contributed by atoms with Crippen LogP contribution in [0, 0.1) is 12.8 Å². The zero-order valence-corrected chi connectivity index (χ0v) is 13.0. The van der Waals surface area contributed by atoms with E-state index in [1.165, 1.54) is 11.1 Å². The van der Waals surface area contributed by atoms with E-state index in [2.05, 4.69) is 58.5 Å². The summed E-state index contributed by atoms with van der Waals surface area (Å²) in [5.74, 6) is 3.25. The second-order valence-corrected chi connectivity index (χ2v) is 5.88. The molecular weight excluding hydrogens is 240 g/mol. The summed E-state index contributed by atoms with van der Waals surface area (Å²) in [7, 11) is 0. The minimum atomic E-state index is 0.552. The molecule has 0 aliphatic rings. The van der Waals surface area contributed by atoms with Crippen LogP contribution in [-0.2, 0) is 0 Å². The van der Waals surface area contributed by atoms with Crippen molar-refractivity contribution < 1.29 is 4.74 Å². The van der Waals surface area contributed by atoms with Crippen molar-refractivity contribution in [2.24, 2.45) is 5.92 Å². The first-order valence-electron chi connectivity index (χ1n) is 6.88. The van der Waals surface area contributed by atoms with Gasteiger partial charge in [-0.15, -0.1) is 0 Å². The summed E-state index contributed by atoms with van der Waals surface area (Å²) in [4.78, 5) is 0. The van der Waals surface area contributed by atoms with Crippen molar-refractivity contribution in [3.05, 3.63) is 29.3 Å². The van der Waals surface area contributed by atoms with Gasteiger partial charge in [-0.2, -0.15) is 12.6 Å². The first-order chi connectivity index (χ1) is 8.54. The van der Waals surface area contributed by atoms with Crippen LogP contribution in [-0.4, -0.2) is 12.4 Å². The molecule has 0 bridgehead atoms. The minimum Gasteiger partial charge on any atom is -0.493 e. The van der Waals surface area contributed by atoms with Gasteiger partial charge in [-0.1, -0.05) is 32.9 Å². The van der Waals surface area contributed by atoms with Crippen LogP contribution in [0.15, 0.2) is 18.2 Å². The maximum Gasteiger partial charge on any atom is 0.122 e. The van der Waals surface area contributed by atoms with Gasteiger partial charge in [0.1, 0.15) is 5.75 Å². The molecule has 0 N–H and O–H groups in total. The van der Waals surface area contributed by atoms with Gasteiger partial charge >= 0.3 is 0 Å². The number of hydrogen-bond acceptors (Lipinski definition) is 2. The monoisotopic (exact) mass is 266 g/mol. The molecule has 1 atom stereocenters. The molecule has 0 spiro atoms. The number of hydrogen-bond donors (Lipinski definition) is 1. The van der Waals surface area contributed by atoms with Crippen LogP contribution in [0.4, 0.5) is 0 Å². The molecule has 1 nitrogen and oxygen atoms in total. The Balaban J connectivity index is 2.53. The molecule has 1 aromatic rings. The van der Waals surface area contributed by atoms with Crippen molar-refractivity contribution in [1.82, 2.24) is 0 Å². The summed E-state index contributed by atoms with van der Waals surface area (Å²) in [6.45, 7) is 9.59. The third-order valence-electron chi connectivity index (χ3n) is 3.37. The third kappa shape index (κ3) is 4.93. The Kier molecular flexibility index (Phi) is 6.62. The average molecular weight is 266 g/mol. The van der Waals surface area contributed by atoms with Crippen LogP contribution >= 0.6 is 12.6 Å². The highest BCUT2D eigenvalue weighted by atomic mass is 32.1. The number of rotatable bonds is 7. The Bertz CT molecular complexity index is 360. The predicted molar refractivity (Wildman–Crippen MR) is 83.0 cm³/mol. The first kappa shape index (κ1) is 15.4. The van der Waals surface area contributed by atoms with Crippen molar-refractivity contribution in [1.29, 1.82) is 0 Å². The maximum absolute atomic E-state index is 5.92. The summed E-state index contributed by atoms with van der Waals surface area (Å²) < 4.78 is 5.92. The van der Waals surface area contributed by atoms with Crippen molar-refractivity contribution in [3.8, 4) is 5.75 Å². The van der Waals surface area contributed by atoms with Gasteiger partial charge in [0.2, 0.25) is 0 Å². The second-order valence-electron chi connectivity index (χ2n) is 5.43. The zero-order valence-electron chi connectivity index (χ0n) is 12.1. The molecule has 102 valence electrons. The predicted octanol–water partition coefficient (Wildman–Crippen LogP) is 4.84. The van der Waals surface area contributed by atoms with Gasteiger partial charge in [0.25, 0.3) is 0 Å². The van der Waals surface area contributed by atoms with Gasteiger partial charge in [-0.25, -0.2) is 0 Å². The van der Waals surface area contributed by atoms with Crippen LogP contribution in [0.5, 0.6) is 5.75 Å². The second kappa shape index (κ2) is 7.73. The van der Waals surface area contributed by atoms with Gasteiger partial charge in [0.15, 0.2) is 0 Å². The third-order valence-corrected chi connectivity index (χ3v) is 3.63. The molecule has 0 aliphatic heterocycles. The lowest BCUT2D eigenvalue weighted by Gasteiger charge is -2.14. The molecule has 0 radical (unpaired) electrons. The smallest absolute Gasteiger partial charge is 0.122 e. The van der Waals surface area contributed by atoms with Crippen LogP contribution in [0.3, 0.4) is 0 Å². The van der Waals surface area contributed by atoms with Crippen LogP contribution in [0.2, 0.25) is 0 Å². The highest BCUT2D eigenvalue weighted by Crippen LogP contribution is 2.24. The highest BCUT2D eigenvalue weighted by Gasteiger charge is 2.06. The first-order valence-corrected chi connectivity index (χ1v) is 7.52. The molecule has 0 aliphatic carbocycles. The van der Waals surface area contributed by atoms with Crippen molar-refractivity contribution in [2.75, 3.05) is 12.4 Å². The molecule has 0 fully saturated rings. The Morgan fingerprint density at radius 3 is 2.50 bits per heavy atom. The lowest BCUT2D eigenvalue weighted by molar-refractivity contribution is 0.280. The van der Waals surface area contributed by atoms with Gasteiger partial charge < -0.3 is 4.74 Å². The van der Waals surface area contributed by atoms with Crippen molar-refractivity contribution in [3.63, 3.8) is 0 Å². The van der Waals surface area contributed by atoms with Crippen LogP contribution in [0.25, 0.3) is 0 Å². The fourth-order valence-corrected chi connectivity index (χ4v) is 2.31. The molecular formula is C16H26OS. The van der Waals surface area contributed by atoms with E-state index in [0.717, 1.165) is 31.0 Å². The number of benzene rings is 1. The molecule has 0 amide bonds. The van der Waals surface area contributed by atoms with Crippen molar-refractivity contribution in [2.45, 2.75) is 46.5 Å². The van der Waals surface area contributed by atoms with E-state index in [9.17, 15) is 0 Å². The SMILES string of the molecule is Cc1ccc(C(C)C)cc1OCCC(C)CCS. The van der Waals surface area contributed by atoms with Crippen LogP contribution < -0.4 is 4.74 Å². The summed E-state index contributed by atoms with van der Waals surface area (Å²) in [5.41, 5.74) is 2.57. The Morgan fingerprint density at radius 1 is 1.17 bits per heavy atom. The summed E-state index contributed by atoms with van der Waals surface area (Å²) in [6.07, 6.45) is 2.27. The fraction of sp³-hybridized carbons (Fsp3) is 0.625. The van der Waals surface area contributed by atoms with Gasteiger partial charge in [0.05, 0.1) is 6.61 Å². The highest BCUT2D eigenvalue weighted by molar-refractivity contribution is 7.80. The normalized spacial score (nSPS) is 12.8. The molecule has 0 saturated heterocycles. The van der Waals surface area contributed by atoms with E-state index in [4.69, 9.17) is 4.74 Å². The number of thiol groups is 1. The maximum atomic E-state index is 5.92. The zero-order chi connectivity index (χ0) is 13.5. The van der Waals surface area contributed by atoms with Gasteiger partial charge in [-0.3, -0.25) is 0 Å². The largest absolute Gasteiger partial charge is 0.493 e. The van der Waals surface area contributed by atoms with E-state index >= 15 is 0 Å². The molecule has 2 heteroatoms. The number of aryl methyl sites for hydroxylation is 1. The Labute approximate surface area is 117 Å². The Morgan fingerprint density at radius 2 is 1.89 bits per heavy atom. The standard InChI is InChI=1S/C16H26OS/c1-12(2)15-6-5-14(4)16(11-15)17-9-7-13(3)8-10-18/h5-6,11-13,18H,7-10H2,1-4H3. The molecule has 1 aromatic carbocycles. The van der Waals surface area contributed by atoms with E-state index < -0.39 is 0 Å². The lowest BCUT2D eigenvalue weighted by atomic mass is 10.0. The lowest BCUT2D eigenvalue weighted by Crippen LogP contribution is -2.06. The fourth-order valence-electron chi connectivity index (χ4n) is 1.87. The summed E-state index contributed by atoms with van der Waals surface area (Å²) in [5, 5.41) is 0. The molecule has 1 unspecified atom stereocenters. The molecule has 0 aromatic heterocycles. The quantitative estimate of drug-likeness (QED) is 0.695.